The molecular formula is C15H22N4O2. The lowest BCUT2D eigenvalue weighted by Crippen LogP contribution is -2.18. The van der Waals surface area contributed by atoms with Gasteiger partial charge in [-0.1, -0.05) is 6.07 Å². The number of methoxy groups -OCH3 is 1. The van der Waals surface area contributed by atoms with Crippen molar-refractivity contribution in [3.05, 3.63) is 35.3 Å². The standard InChI is InChI=1S/C15H22N4O2/c1-11-15(12(2)19(3)18-11)21-14-6-5-13(10-17-14)9-16-7-8-20-4/h5-6,10,16H,7-9H2,1-4H3. The van der Waals surface area contributed by atoms with Gasteiger partial charge in [-0.2, -0.15) is 5.10 Å². The van der Waals surface area contributed by atoms with Gasteiger partial charge in [0.2, 0.25) is 5.88 Å². The number of hydrogen-bond acceptors (Lipinski definition) is 5. The summed E-state index contributed by atoms with van der Waals surface area (Å²) in [5, 5.41) is 7.60. The van der Waals surface area contributed by atoms with Crippen LogP contribution in [0.2, 0.25) is 0 Å². The molecule has 6 heteroatoms. The molecule has 0 bridgehead atoms. The van der Waals surface area contributed by atoms with E-state index in [0.29, 0.717) is 12.5 Å². The zero-order valence-corrected chi connectivity index (χ0v) is 13.0. The first-order valence-corrected chi connectivity index (χ1v) is 6.94. The van der Waals surface area contributed by atoms with Crippen LogP contribution in [0.4, 0.5) is 0 Å². The summed E-state index contributed by atoms with van der Waals surface area (Å²) in [6.45, 7) is 6.19. The molecule has 114 valence electrons. The van der Waals surface area contributed by atoms with Crippen LogP contribution in [-0.4, -0.2) is 35.0 Å². The van der Waals surface area contributed by atoms with Crippen LogP contribution in [0.5, 0.6) is 11.6 Å². The summed E-state index contributed by atoms with van der Waals surface area (Å²) in [5.74, 6) is 1.35. The van der Waals surface area contributed by atoms with Crippen molar-refractivity contribution in [2.24, 2.45) is 7.05 Å². The molecule has 21 heavy (non-hydrogen) atoms. The molecule has 2 aromatic heterocycles. The van der Waals surface area contributed by atoms with Crippen LogP contribution >= 0.6 is 0 Å². The average Bonchev–Trinajstić information content (AvgIpc) is 2.72. The number of rotatable bonds is 7. The first kappa shape index (κ1) is 15.5. The topological polar surface area (TPSA) is 61.2 Å². The summed E-state index contributed by atoms with van der Waals surface area (Å²) in [7, 11) is 3.59. The third-order valence-electron chi connectivity index (χ3n) is 3.26. The molecule has 2 rings (SSSR count). The third kappa shape index (κ3) is 4.03. The number of nitrogens with one attached hydrogen (secondary N) is 1. The zero-order chi connectivity index (χ0) is 15.2. The molecule has 0 saturated heterocycles. The number of nitrogens with zero attached hydrogens (tertiary/aromatic N) is 3. The molecule has 0 aliphatic rings. The van der Waals surface area contributed by atoms with Gasteiger partial charge in [0.25, 0.3) is 0 Å². The van der Waals surface area contributed by atoms with E-state index in [1.165, 1.54) is 0 Å². The fraction of sp³-hybridized carbons (Fsp3) is 0.467. The molecule has 2 aromatic rings. The molecule has 0 atom stereocenters. The van der Waals surface area contributed by atoms with Crippen molar-refractivity contribution in [1.82, 2.24) is 20.1 Å². The van der Waals surface area contributed by atoms with E-state index < -0.39 is 0 Å². The van der Waals surface area contributed by atoms with E-state index >= 15 is 0 Å². The maximum absolute atomic E-state index is 5.82. The monoisotopic (exact) mass is 290 g/mol. The van der Waals surface area contributed by atoms with Gasteiger partial charge in [0, 0.05) is 39.5 Å². The maximum Gasteiger partial charge on any atom is 0.219 e. The van der Waals surface area contributed by atoms with E-state index in [9.17, 15) is 0 Å². The molecule has 0 unspecified atom stereocenters. The third-order valence-corrected chi connectivity index (χ3v) is 3.26. The molecule has 6 nitrogen and oxygen atoms in total. The van der Waals surface area contributed by atoms with E-state index in [1.54, 1.807) is 11.8 Å². The summed E-state index contributed by atoms with van der Waals surface area (Å²) in [4.78, 5) is 4.33. The van der Waals surface area contributed by atoms with Crippen molar-refractivity contribution >= 4 is 0 Å². The Morgan fingerprint density at radius 1 is 1.29 bits per heavy atom. The summed E-state index contributed by atoms with van der Waals surface area (Å²) in [5.41, 5.74) is 2.96. The Morgan fingerprint density at radius 2 is 2.10 bits per heavy atom. The van der Waals surface area contributed by atoms with E-state index in [0.717, 1.165) is 35.8 Å². The summed E-state index contributed by atoms with van der Waals surface area (Å²) in [6, 6.07) is 3.88. The highest BCUT2D eigenvalue weighted by Gasteiger charge is 2.12. The molecule has 0 fully saturated rings. The minimum atomic E-state index is 0.579. The summed E-state index contributed by atoms with van der Waals surface area (Å²) in [6.07, 6.45) is 1.82. The molecule has 0 aliphatic carbocycles. The largest absolute Gasteiger partial charge is 0.435 e. The van der Waals surface area contributed by atoms with Gasteiger partial charge in [-0.15, -0.1) is 0 Å². The van der Waals surface area contributed by atoms with Crippen molar-refractivity contribution < 1.29 is 9.47 Å². The fourth-order valence-electron chi connectivity index (χ4n) is 1.99. The first-order valence-electron chi connectivity index (χ1n) is 6.94. The SMILES string of the molecule is COCCNCc1ccc(Oc2c(C)nn(C)c2C)nc1. The van der Waals surface area contributed by atoms with Gasteiger partial charge in [-0.05, 0) is 19.4 Å². The van der Waals surface area contributed by atoms with Crippen LogP contribution in [0, 0.1) is 13.8 Å². The van der Waals surface area contributed by atoms with Crippen molar-refractivity contribution in [1.29, 1.82) is 0 Å². The number of aromatic nitrogens is 3. The Balaban J connectivity index is 1.96. The van der Waals surface area contributed by atoms with Gasteiger partial charge in [-0.3, -0.25) is 4.68 Å². The van der Waals surface area contributed by atoms with E-state index in [4.69, 9.17) is 9.47 Å². The fourth-order valence-corrected chi connectivity index (χ4v) is 1.99. The molecule has 2 heterocycles. The van der Waals surface area contributed by atoms with Gasteiger partial charge in [0.15, 0.2) is 5.75 Å². The normalized spacial score (nSPS) is 10.9. The highest BCUT2D eigenvalue weighted by atomic mass is 16.5. The molecule has 0 amide bonds. The second kappa shape index (κ2) is 7.19. The molecule has 0 spiro atoms. The predicted octanol–water partition coefficient (Wildman–Crippen LogP) is 1.96. The lowest BCUT2D eigenvalue weighted by molar-refractivity contribution is 0.199. The van der Waals surface area contributed by atoms with Crippen LogP contribution in [0.1, 0.15) is 17.0 Å². The van der Waals surface area contributed by atoms with E-state index in [1.807, 2.05) is 39.2 Å². The van der Waals surface area contributed by atoms with Gasteiger partial charge >= 0.3 is 0 Å². The lowest BCUT2D eigenvalue weighted by Gasteiger charge is -2.07. The van der Waals surface area contributed by atoms with Gasteiger partial charge in [-0.25, -0.2) is 4.98 Å². The Bertz CT molecular complexity index is 578. The molecule has 0 saturated carbocycles. The molecule has 0 radical (unpaired) electrons. The van der Waals surface area contributed by atoms with Crippen LogP contribution in [-0.2, 0) is 18.3 Å². The average molecular weight is 290 g/mol. The second-order valence-electron chi connectivity index (χ2n) is 4.90. The van der Waals surface area contributed by atoms with Crippen molar-refractivity contribution in [3.63, 3.8) is 0 Å². The minimum Gasteiger partial charge on any atom is -0.435 e. The van der Waals surface area contributed by atoms with Gasteiger partial charge in [0.05, 0.1) is 12.3 Å². The van der Waals surface area contributed by atoms with Crippen molar-refractivity contribution in [3.8, 4) is 11.6 Å². The highest BCUT2D eigenvalue weighted by molar-refractivity contribution is 5.35. The molecular weight excluding hydrogens is 268 g/mol. The molecule has 1 N–H and O–H groups in total. The predicted molar refractivity (Wildman–Crippen MR) is 80.6 cm³/mol. The number of pyridine rings is 1. The minimum absolute atomic E-state index is 0.579. The lowest BCUT2D eigenvalue weighted by atomic mass is 10.3. The quantitative estimate of drug-likeness (QED) is 0.790. The number of aryl methyl sites for hydroxylation is 2. The summed E-state index contributed by atoms with van der Waals surface area (Å²) >= 11 is 0. The highest BCUT2D eigenvalue weighted by Crippen LogP contribution is 2.26. The van der Waals surface area contributed by atoms with Gasteiger partial charge < -0.3 is 14.8 Å². The van der Waals surface area contributed by atoms with Crippen LogP contribution < -0.4 is 10.1 Å². The number of ether oxygens (including phenoxy) is 2. The van der Waals surface area contributed by atoms with Crippen LogP contribution in [0.3, 0.4) is 0 Å². The Morgan fingerprint density at radius 3 is 2.67 bits per heavy atom. The van der Waals surface area contributed by atoms with Gasteiger partial charge in [0.1, 0.15) is 5.69 Å². The Kier molecular flexibility index (Phi) is 5.30. The zero-order valence-electron chi connectivity index (χ0n) is 13.0. The molecule has 0 aliphatic heterocycles. The first-order chi connectivity index (χ1) is 10.1. The number of hydrogen-bond donors (Lipinski definition) is 1. The second-order valence-corrected chi connectivity index (χ2v) is 4.90. The molecule has 0 aromatic carbocycles. The van der Waals surface area contributed by atoms with Crippen molar-refractivity contribution in [2.75, 3.05) is 20.3 Å². The van der Waals surface area contributed by atoms with E-state index in [-0.39, 0.29) is 0 Å². The Hall–Kier alpha value is -1.92. The van der Waals surface area contributed by atoms with E-state index in [2.05, 4.69) is 15.4 Å². The van der Waals surface area contributed by atoms with Crippen molar-refractivity contribution in [2.45, 2.75) is 20.4 Å². The van der Waals surface area contributed by atoms with Crippen LogP contribution in [0.25, 0.3) is 0 Å². The maximum atomic E-state index is 5.82. The Labute approximate surface area is 125 Å². The smallest absolute Gasteiger partial charge is 0.219 e. The van der Waals surface area contributed by atoms with Crippen LogP contribution in [0.15, 0.2) is 18.3 Å². The summed E-state index contributed by atoms with van der Waals surface area (Å²) < 4.78 is 12.6.